The number of aromatic nitrogens is 1. The third-order valence-corrected chi connectivity index (χ3v) is 5.06. The fraction of sp³-hybridized carbons (Fsp3) is 0.167. The molecule has 0 saturated heterocycles. The minimum Gasteiger partial charge on any atom is -0.389 e. The number of hydrogen-bond donors (Lipinski definition) is 2. The highest BCUT2D eigenvalue weighted by Gasteiger charge is 2.15. The predicted octanol–water partition coefficient (Wildman–Crippen LogP) is 1.56. The number of nitrogens with two attached hydrogens (primary N) is 1. The van der Waals surface area contributed by atoms with Gasteiger partial charge in [-0.05, 0) is 19.1 Å². The van der Waals surface area contributed by atoms with Gasteiger partial charge in [0, 0.05) is 16.6 Å². The molecule has 20 heavy (non-hydrogen) atoms. The van der Waals surface area contributed by atoms with Crippen LogP contribution in [0.1, 0.15) is 15.4 Å². The van der Waals surface area contributed by atoms with Crippen LogP contribution in [-0.4, -0.2) is 18.4 Å². The SMILES string of the molecule is Cc1cnc(CNS(=O)(=O)c2cccc(C(N)=S)c2)s1. The predicted molar refractivity (Wildman–Crippen MR) is 83.2 cm³/mol. The van der Waals surface area contributed by atoms with Gasteiger partial charge >= 0.3 is 0 Å². The molecular weight excluding hydrogens is 314 g/mol. The Hall–Kier alpha value is -1.35. The Kier molecular flexibility index (Phi) is 4.48. The molecule has 0 radical (unpaired) electrons. The van der Waals surface area contributed by atoms with E-state index in [1.165, 1.54) is 23.5 Å². The van der Waals surface area contributed by atoms with Crippen molar-refractivity contribution in [2.24, 2.45) is 5.73 Å². The van der Waals surface area contributed by atoms with Crippen molar-refractivity contribution in [2.75, 3.05) is 0 Å². The Labute approximate surface area is 126 Å². The minimum absolute atomic E-state index is 0.135. The van der Waals surface area contributed by atoms with Crippen LogP contribution >= 0.6 is 23.6 Å². The fourth-order valence-corrected chi connectivity index (χ4v) is 3.52. The topological polar surface area (TPSA) is 85.1 Å². The van der Waals surface area contributed by atoms with Gasteiger partial charge in [-0.1, -0.05) is 24.4 Å². The third kappa shape index (κ3) is 3.60. The van der Waals surface area contributed by atoms with Crippen LogP contribution in [0.3, 0.4) is 0 Å². The summed E-state index contributed by atoms with van der Waals surface area (Å²) in [5, 5.41) is 0.719. The molecule has 0 aliphatic carbocycles. The summed E-state index contributed by atoms with van der Waals surface area (Å²) in [5.41, 5.74) is 6.02. The molecule has 2 aromatic rings. The number of thiocarbonyl (C=S) groups is 1. The van der Waals surface area contributed by atoms with Crippen LogP contribution in [0.25, 0.3) is 0 Å². The molecule has 0 saturated carbocycles. The van der Waals surface area contributed by atoms with E-state index < -0.39 is 10.0 Å². The smallest absolute Gasteiger partial charge is 0.240 e. The summed E-state index contributed by atoms with van der Waals surface area (Å²) in [4.78, 5) is 5.45. The molecule has 0 amide bonds. The van der Waals surface area contributed by atoms with Gasteiger partial charge in [-0.3, -0.25) is 0 Å². The molecule has 1 aromatic heterocycles. The first kappa shape index (κ1) is 15.0. The molecule has 0 spiro atoms. The molecule has 5 nitrogen and oxygen atoms in total. The first-order chi connectivity index (χ1) is 9.38. The Morgan fingerprint density at radius 1 is 1.50 bits per heavy atom. The van der Waals surface area contributed by atoms with Gasteiger partial charge in [0.2, 0.25) is 10.0 Å². The van der Waals surface area contributed by atoms with Gasteiger partial charge in [-0.15, -0.1) is 11.3 Å². The lowest BCUT2D eigenvalue weighted by molar-refractivity contribution is 0.581. The summed E-state index contributed by atoms with van der Waals surface area (Å²) < 4.78 is 26.8. The largest absolute Gasteiger partial charge is 0.389 e. The lowest BCUT2D eigenvalue weighted by Crippen LogP contribution is -2.23. The summed E-state index contributed by atoms with van der Waals surface area (Å²) in [6.07, 6.45) is 1.71. The van der Waals surface area contributed by atoms with E-state index in [9.17, 15) is 8.42 Å². The third-order valence-electron chi connectivity index (χ3n) is 2.51. The van der Waals surface area contributed by atoms with Crippen molar-refractivity contribution < 1.29 is 8.42 Å². The number of nitrogens with one attached hydrogen (secondary N) is 1. The van der Waals surface area contributed by atoms with E-state index in [1.54, 1.807) is 18.3 Å². The van der Waals surface area contributed by atoms with Gasteiger partial charge < -0.3 is 5.73 Å². The maximum absolute atomic E-state index is 12.2. The van der Waals surface area contributed by atoms with E-state index in [-0.39, 0.29) is 16.4 Å². The first-order valence-corrected chi connectivity index (χ1v) is 8.40. The molecule has 0 bridgehead atoms. The number of thiazole rings is 1. The van der Waals surface area contributed by atoms with Crippen molar-refractivity contribution in [3.05, 3.63) is 45.9 Å². The first-order valence-electron chi connectivity index (χ1n) is 5.69. The van der Waals surface area contributed by atoms with Crippen LogP contribution in [0.15, 0.2) is 35.4 Å². The molecule has 0 aliphatic rings. The van der Waals surface area contributed by atoms with Crippen LogP contribution < -0.4 is 10.5 Å². The molecule has 8 heteroatoms. The van der Waals surface area contributed by atoms with Crippen molar-refractivity contribution in [3.63, 3.8) is 0 Å². The van der Waals surface area contributed by atoms with Gasteiger partial charge in [0.1, 0.15) is 10.00 Å². The van der Waals surface area contributed by atoms with Crippen molar-refractivity contribution >= 4 is 38.6 Å². The summed E-state index contributed by atoms with van der Waals surface area (Å²) in [6, 6.07) is 6.23. The quantitative estimate of drug-likeness (QED) is 0.814. The van der Waals surface area contributed by atoms with Crippen LogP contribution in [0.2, 0.25) is 0 Å². The zero-order chi connectivity index (χ0) is 14.8. The summed E-state index contributed by atoms with van der Waals surface area (Å²) in [6.45, 7) is 2.08. The maximum atomic E-state index is 12.2. The molecule has 106 valence electrons. The van der Waals surface area contributed by atoms with Crippen LogP contribution in [0.5, 0.6) is 0 Å². The number of sulfonamides is 1. The van der Waals surface area contributed by atoms with E-state index in [2.05, 4.69) is 9.71 Å². The monoisotopic (exact) mass is 327 g/mol. The van der Waals surface area contributed by atoms with Crippen molar-refractivity contribution in [3.8, 4) is 0 Å². The normalized spacial score (nSPS) is 11.4. The van der Waals surface area contributed by atoms with E-state index in [0.717, 1.165) is 9.88 Å². The van der Waals surface area contributed by atoms with Crippen LogP contribution in [0.4, 0.5) is 0 Å². The summed E-state index contributed by atoms with van der Waals surface area (Å²) in [5.74, 6) is 0. The van der Waals surface area contributed by atoms with Gasteiger partial charge in [0.25, 0.3) is 0 Å². The summed E-state index contributed by atoms with van der Waals surface area (Å²) >= 11 is 6.30. The van der Waals surface area contributed by atoms with E-state index in [4.69, 9.17) is 18.0 Å². The number of rotatable bonds is 5. The zero-order valence-corrected chi connectivity index (χ0v) is 13.1. The second kappa shape index (κ2) is 5.96. The Bertz CT molecular complexity index is 738. The second-order valence-electron chi connectivity index (χ2n) is 4.08. The fourth-order valence-electron chi connectivity index (χ4n) is 1.54. The average molecular weight is 327 g/mol. The summed E-state index contributed by atoms with van der Waals surface area (Å²) in [7, 11) is -3.60. The molecule has 0 fully saturated rings. The van der Waals surface area contributed by atoms with E-state index >= 15 is 0 Å². The number of hydrogen-bond acceptors (Lipinski definition) is 5. The lowest BCUT2D eigenvalue weighted by atomic mass is 10.2. The molecule has 0 atom stereocenters. The number of aryl methyl sites for hydroxylation is 1. The maximum Gasteiger partial charge on any atom is 0.240 e. The van der Waals surface area contributed by atoms with E-state index in [1.807, 2.05) is 6.92 Å². The van der Waals surface area contributed by atoms with Gasteiger partial charge in [0.05, 0.1) is 11.4 Å². The lowest BCUT2D eigenvalue weighted by Gasteiger charge is -2.06. The Morgan fingerprint density at radius 2 is 2.25 bits per heavy atom. The van der Waals surface area contributed by atoms with Crippen molar-refractivity contribution in [2.45, 2.75) is 18.4 Å². The van der Waals surface area contributed by atoms with Crippen molar-refractivity contribution in [1.29, 1.82) is 0 Å². The average Bonchev–Trinajstić information content (AvgIpc) is 2.82. The molecule has 3 N–H and O–H groups in total. The van der Waals surface area contributed by atoms with Gasteiger partial charge in [-0.2, -0.15) is 0 Å². The standard InChI is InChI=1S/C12H13N3O2S3/c1-8-6-14-11(19-8)7-15-20(16,17)10-4-2-3-9(5-10)12(13)18/h2-6,15H,7H2,1H3,(H2,13,18). The highest BCUT2D eigenvalue weighted by atomic mass is 32.2. The van der Waals surface area contributed by atoms with Crippen LogP contribution in [0, 0.1) is 6.92 Å². The number of nitrogens with zero attached hydrogens (tertiary/aromatic N) is 1. The van der Waals surface area contributed by atoms with E-state index in [0.29, 0.717) is 5.56 Å². The zero-order valence-electron chi connectivity index (χ0n) is 10.7. The molecule has 1 heterocycles. The van der Waals surface area contributed by atoms with Gasteiger partial charge in [0.15, 0.2) is 0 Å². The Balaban J connectivity index is 2.17. The van der Waals surface area contributed by atoms with Crippen molar-refractivity contribution in [1.82, 2.24) is 9.71 Å². The second-order valence-corrected chi connectivity index (χ2v) is 7.61. The highest BCUT2D eigenvalue weighted by Crippen LogP contribution is 2.14. The molecule has 2 rings (SSSR count). The molecule has 0 unspecified atom stereocenters. The van der Waals surface area contributed by atoms with Gasteiger partial charge in [-0.25, -0.2) is 18.1 Å². The molecule has 1 aromatic carbocycles. The Morgan fingerprint density at radius 3 is 2.85 bits per heavy atom. The number of benzene rings is 1. The molecule has 0 aliphatic heterocycles. The highest BCUT2D eigenvalue weighted by molar-refractivity contribution is 7.89. The minimum atomic E-state index is -3.60. The van der Waals surface area contributed by atoms with Crippen LogP contribution in [-0.2, 0) is 16.6 Å². The molecular formula is C12H13N3O2S3.